The van der Waals surface area contributed by atoms with E-state index in [1.54, 1.807) is 24.3 Å². The van der Waals surface area contributed by atoms with Gasteiger partial charge in [-0.25, -0.2) is 0 Å². The lowest BCUT2D eigenvalue weighted by atomic mass is 9.95. The van der Waals surface area contributed by atoms with Gasteiger partial charge in [-0.05, 0) is 44.0 Å². The van der Waals surface area contributed by atoms with E-state index in [1.807, 2.05) is 13.0 Å². The van der Waals surface area contributed by atoms with Crippen molar-refractivity contribution >= 4 is 28.8 Å². The van der Waals surface area contributed by atoms with E-state index in [-0.39, 0.29) is 31.2 Å². The molecule has 148 valence electrons. The van der Waals surface area contributed by atoms with Crippen LogP contribution in [0.5, 0.6) is 11.5 Å². The highest BCUT2D eigenvalue weighted by molar-refractivity contribution is 7.14. The van der Waals surface area contributed by atoms with Gasteiger partial charge in [0.25, 0.3) is 5.91 Å². The lowest BCUT2D eigenvalue weighted by Crippen LogP contribution is -2.44. The van der Waals surface area contributed by atoms with Crippen LogP contribution in [0, 0.1) is 6.92 Å². The average molecular weight is 401 g/mol. The summed E-state index contributed by atoms with van der Waals surface area (Å²) in [7, 11) is 0. The Kier molecular flexibility index (Phi) is 5.52. The number of hydrogen-bond acceptors (Lipinski definition) is 5. The number of rotatable bonds is 5. The van der Waals surface area contributed by atoms with Crippen LogP contribution in [0.4, 0.5) is 5.69 Å². The van der Waals surface area contributed by atoms with Gasteiger partial charge in [0, 0.05) is 22.7 Å². The highest BCUT2D eigenvalue weighted by Crippen LogP contribution is 2.36. The van der Waals surface area contributed by atoms with E-state index in [0.717, 1.165) is 30.6 Å². The number of nitrogens with zero attached hydrogens (tertiary/aromatic N) is 1. The summed E-state index contributed by atoms with van der Waals surface area (Å²) in [5.74, 6) is 0.919. The SMILES string of the molecule is Cc1ccc(C(=O)N(CC(=O)NC2CCCCC2)c2ccc3c(c2)OCO3)s1. The number of nitrogens with one attached hydrogen (secondary N) is 1. The number of amides is 2. The molecule has 0 atom stereocenters. The number of hydrogen-bond donors (Lipinski definition) is 1. The third-order valence-corrected chi connectivity index (χ3v) is 6.12. The van der Waals surface area contributed by atoms with E-state index in [4.69, 9.17) is 9.47 Å². The van der Waals surface area contributed by atoms with Crippen LogP contribution in [-0.4, -0.2) is 31.2 Å². The molecule has 0 bridgehead atoms. The van der Waals surface area contributed by atoms with E-state index in [1.165, 1.54) is 22.7 Å². The summed E-state index contributed by atoms with van der Waals surface area (Å²) in [5, 5.41) is 3.10. The number of carbonyl (C=O) groups is 2. The summed E-state index contributed by atoms with van der Waals surface area (Å²) in [6.45, 7) is 2.10. The summed E-state index contributed by atoms with van der Waals surface area (Å²) >= 11 is 1.43. The summed E-state index contributed by atoms with van der Waals surface area (Å²) in [6, 6.07) is 9.25. The van der Waals surface area contributed by atoms with Crippen molar-refractivity contribution < 1.29 is 19.1 Å². The maximum absolute atomic E-state index is 13.2. The Morgan fingerprint density at radius 3 is 2.64 bits per heavy atom. The first-order valence-corrected chi connectivity index (χ1v) is 10.5. The zero-order valence-corrected chi connectivity index (χ0v) is 16.7. The predicted octanol–water partition coefficient (Wildman–Crippen LogP) is 3.88. The Labute approximate surface area is 168 Å². The average Bonchev–Trinajstić information content (AvgIpc) is 3.34. The quantitative estimate of drug-likeness (QED) is 0.827. The predicted molar refractivity (Wildman–Crippen MR) is 108 cm³/mol. The second-order valence-corrected chi connectivity index (χ2v) is 8.53. The fourth-order valence-corrected chi connectivity index (χ4v) is 4.50. The van der Waals surface area contributed by atoms with Gasteiger partial charge in [0.1, 0.15) is 6.54 Å². The molecule has 0 spiro atoms. The Morgan fingerprint density at radius 2 is 1.89 bits per heavy atom. The van der Waals surface area contributed by atoms with Crippen LogP contribution < -0.4 is 19.7 Å². The molecule has 4 rings (SSSR count). The molecule has 7 heteroatoms. The minimum atomic E-state index is -0.184. The van der Waals surface area contributed by atoms with Crippen LogP contribution in [0.1, 0.15) is 46.7 Å². The van der Waals surface area contributed by atoms with E-state index in [2.05, 4.69) is 5.32 Å². The topological polar surface area (TPSA) is 67.9 Å². The number of fused-ring (bicyclic) bond motifs is 1. The van der Waals surface area contributed by atoms with Crippen LogP contribution in [0.25, 0.3) is 0 Å². The molecule has 1 aromatic heterocycles. The number of anilines is 1. The van der Waals surface area contributed by atoms with E-state index >= 15 is 0 Å². The van der Waals surface area contributed by atoms with Gasteiger partial charge < -0.3 is 14.8 Å². The van der Waals surface area contributed by atoms with Gasteiger partial charge in [-0.1, -0.05) is 19.3 Å². The standard InChI is InChI=1S/C21H24N2O4S/c1-14-7-10-19(28-14)21(25)23(12-20(24)22-15-5-3-2-4-6-15)16-8-9-17-18(11-16)27-13-26-17/h7-11,15H,2-6,12-13H2,1H3,(H,22,24). The van der Waals surface area contributed by atoms with Crippen molar-refractivity contribution in [1.82, 2.24) is 5.32 Å². The molecule has 0 radical (unpaired) electrons. The lowest BCUT2D eigenvalue weighted by molar-refractivity contribution is -0.120. The first kappa shape index (κ1) is 18.8. The molecule has 1 saturated carbocycles. The first-order valence-electron chi connectivity index (χ1n) is 9.67. The molecule has 0 unspecified atom stereocenters. The van der Waals surface area contributed by atoms with Crippen molar-refractivity contribution in [3.05, 3.63) is 40.1 Å². The van der Waals surface area contributed by atoms with Gasteiger partial charge >= 0.3 is 0 Å². The Bertz CT molecular complexity index is 873. The third kappa shape index (κ3) is 4.14. The van der Waals surface area contributed by atoms with Crippen LogP contribution in [0.3, 0.4) is 0 Å². The number of benzene rings is 1. The summed E-state index contributed by atoms with van der Waals surface area (Å²) in [4.78, 5) is 29.1. The van der Waals surface area contributed by atoms with Crippen molar-refractivity contribution in [3.8, 4) is 11.5 Å². The molecular formula is C21H24N2O4S. The van der Waals surface area contributed by atoms with Gasteiger partial charge in [0.2, 0.25) is 12.7 Å². The van der Waals surface area contributed by atoms with E-state index < -0.39 is 0 Å². The van der Waals surface area contributed by atoms with Gasteiger partial charge in [0.05, 0.1) is 4.88 Å². The molecule has 1 aliphatic carbocycles. The molecule has 1 N–H and O–H groups in total. The van der Waals surface area contributed by atoms with Crippen LogP contribution in [-0.2, 0) is 4.79 Å². The smallest absolute Gasteiger partial charge is 0.268 e. The largest absolute Gasteiger partial charge is 0.454 e. The summed E-state index contributed by atoms with van der Waals surface area (Å²) < 4.78 is 10.8. The minimum absolute atomic E-state index is 0.0219. The molecule has 1 fully saturated rings. The molecule has 0 saturated heterocycles. The van der Waals surface area contributed by atoms with Gasteiger partial charge in [-0.3, -0.25) is 14.5 Å². The lowest BCUT2D eigenvalue weighted by Gasteiger charge is -2.26. The molecule has 2 aromatic rings. The van der Waals surface area contributed by atoms with Crippen molar-refractivity contribution in [2.75, 3.05) is 18.2 Å². The molecule has 1 aliphatic heterocycles. The highest BCUT2D eigenvalue weighted by atomic mass is 32.1. The molecule has 1 aromatic carbocycles. The molecule has 2 aliphatic rings. The maximum Gasteiger partial charge on any atom is 0.268 e. The van der Waals surface area contributed by atoms with Crippen LogP contribution >= 0.6 is 11.3 Å². The van der Waals surface area contributed by atoms with Crippen molar-refractivity contribution in [2.45, 2.75) is 45.1 Å². The van der Waals surface area contributed by atoms with Crippen molar-refractivity contribution in [2.24, 2.45) is 0 Å². The molecule has 2 heterocycles. The fourth-order valence-electron chi connectivity index (χ4n) is 3.68. The van der Waals surface area contributed by atoms with Gasteiger partial charge in [-0.15, -0.1) is 11.3 Å². The zero-order chi connectivity index (χ0) is 19.5. The van der Waals surface area contributed by atoms with E-state index in [9.17, 15) is 9.59 Å². The monoisotopic (exact) mass is 400 g/mol. The summed E-state index contributed by atoms with van der Waals surface area (Å²) in [6.07, 6.45) is 5.53. The first-order chi connectivity index (χ1) is 13.6. The number of ether oxygens (including phenoxy) is 2. The highest BCUT2D eigenvalue weighted by Gasteiger charge is 2.25. The normalized spacial score (nSPS) is 16.0. The van der Waals surface area contributed by atoms with Crippen LogP contribution in [0.2, 0.25) is 0 Å². The maximum atomic E-state index is 13.2. The number of thiophene rings is 1. The Morgan fingerprint density at radius 1 is 1.11 bits per heavy atom. The molecular weight excluding hydrogens is 376 g/mol. The van der Waals surface area contributed by atoms with Gasteiger partial charge in [0.15, 0.2) is 11.5 Å². The summed E-state index contributed by atoms with van der Waals surface area (Å²) in [5.41, 5.74) is 0.624. The molecule has 28 heavy (non-hydrogen) atoms. The second-order valence-electron chi connectivity index (χ2n) is 7.24. The molecule has 2 amide bonds. The molecule has 6 nitrogen and oxygen atoms in total. The van der Waals surface area contributed by atoms with Crippen molar-refractivity contribution in [3.63, 3.8) is 0 Å². The zero-order valence-electron chi connectivity index (χ0n) is 15.9. The second kappa shape index (κ2) is 8.22. The minimum Gasteiger partial charge on any atom is -0.454 e. The van der Waals surface area contributed by atoms with Gasteiger partial charge in [-0.2, -0.15) is 0 Å². The number of aryl methyl sites for hydroxylation is 1. The Balaban J connectivity index is 1.56. The van der Waals surface area contributed by atoms with E-state index in [0.29, 0.717) is 22.1 Å². The number of carbonyl (C=O) groups excluding carboxylic acids is 2. The van der Waals surface area contributed by atoms with Crippen LogP contribution in [0.15, 0.2) is 30.3 Å². The Hall–Kier alpha value is -2.54. The third-order valence-electron chi connectivity index (χ3n) is 5.14. The fraction of sp³-hybridized carbons (Fsp3) is 0.429. The van der Waals surface area contributed by atoms with Crippen molar-refractivity contribution in [1.29, 1.82) is 0 Å².